The van der Waals surface area contributed by atoms with Gasteiger partial charge in [0.05, 0.1) is 12.1 Å². The van der Waals surface area contributed by atoms with E-state index in [1.165, 1.54) is 0 Å². The Morgan fingerprint density at radius 1 is 1.26 bits per heavy atom. The molecule has 3 N–H and O–H groups in total. The summed E-state index contributed by atoms with van der Waals surface area (Å²) in [6.07, 6.45) is 0.752. The third-order valence-electron chi connectivity index (χ3n) is 2.29. The summed E-state index contributed by atoms with van der Waals surface area (Å²) in [5, 5.41) is 13.5. The molecule has 0 aliphatic rings. The summed E-state index contributed by atoms with van der Waals surface area (Å²) >= 11 is 0. The molecule has 1 aromatic rings. The van der Waals surface area contributed by atoms with Gasteiger partial charge in [0.25, 0.3) is 0 Å². The molecule has 0 heterocycles. The molecule has 1 aromatic carbocycles. The first-order valence-electron chi connectivity index (χ1n) is 5.68. The summed E-state index contributed by atoms with van der Waals surface area (Å²) < 4.78 is 27.0. The van der Waals surface area contributed by atoms with Gasteiger partial charge in [-0.3, -0.25) is 4.79 Å². The molecule has 104 valence electrons. The Bertz CT molecular complexity index is 469. The Kier molecular flexibility index (Phi) is 5.23. The highest BCUT2D eigenvalue weighted by Crippen LogP contribution is 2.20. The van der Waals surface area contributed by atoms with E-state index in [0.717, 1.165) is 6.42 Å². The minimum absolute atomic E-state index is 0.291. The number of carboxylic acids is 1. The van der Waals surface area contributed by atoms with E-state index in [0.29, 0.717) is 18.7 Å². The van der Waals surface area contributed by atoms with Crippen molar-refractivity contribution in [2.45, 2.75) is 13.3 Å². The Morgan fingerprint density at radius 2 is 1.84 bits per heavy atom. The maximum absolute atomic E-state index is 13.5. The topological polar surface area (TPSA) is 78.4 Å². The van der Waals surface area contributed by atoms with Crippen LogP contribution in [0.15, 0.2) is 12.1 Å². The number of anilines is 1. The number of hydrogen-bond donors (Lipinski definition) is 3. The highest BCUT2D eigenvalue weighted by Gasteiger charge is 2.15. The van der Waals surface area contributed by atoms with Gasteiger partial charge in [-0.05, 0) is 18.6 Å². The van der Waals surface area contributed by atoms with Crippen molar-refractivity contribution in [2.24, 2.45) is 0 Å². The number of halogens is 2. The summed E-state index contributed by atoms with van der Waals surface area (Å²) in [6.45, 7) is 2.06. The van der Waals surface area contributed by atoms with Crippen LogP contribution in [0.5, 0.6) is 0 Å². The second-order valence-corrected chi connectivity index (χ2v) is 3.82. The summed E-state index contributed by atoms with van der Waals surface area (Å²) in [4.78, 5) is 21.8. The fourth-order valence-electron chi connectivity index (χ4n) is 1.36. The number of rotatable bonds is 6. The quantitative estimate of drug-likeness (QED) is 0.735. The van der Waals surface area contributed by atoms with E-state index < -0.39 is 34.8 Å². The first-order chi connectivity index (χ1) is 8.95. The van der Waals surface area contributed by atoms with Crippen LogP contribution in [-0.4, -0.2) is 30.1 Å². The van der Waals surface area contributed by atoms with E-state index in [4.69, 9.17) is 5.11 Å². The van der Waals surface area contributed by atoms with Gasteiger partial charge in [-0.2, -0.15) is 0 Å². The van der Waals surface area contributed by atoms with Crippen molar-refractivity contribution < 1.29 is 23.5 Å². The van der Waals surface area contributed by atoms with Gasteiger partial charge in [0.1, 0.15) is 17.3 Å². The molecule has 19 heavy (non-hydrogen) atoms. The first kappa shape index (κ1) is 14.9. The Balaban J connectivity index is 2.74. The third-order valence-corrected chi connectivity index (χ3v) is 2.29. The molecule has 0 unspecified atom stereocenters. The van der Waals surface area contributed by atoms with Crippen LogP contribution in [0.1, 0.15) is 23.7 Å². The van der Waals surface area contributed by atoms with Crippen LogP contribution in [0, 0.1) is 11.6 Å². The molecule has 0 bridgehead atoms. The molecule has 7 heteroatoms. The summed E-state index contributed by atoms with van der Waals surface area (Å²) in [5.74, 6) is -3.94. The van der Waals surface area contributed by atoms with Crippen molar-refractivity contribution >= 4 is 17.6 Å². The Hall–Kier alpha value is -2.18. The highest BCUT2D eigenvalue weighted by atomic mass is 19.1. The van der Waals surface area contributed by atoms with Crippen LogP contribution in [0.3, 0.4) is 0 Å². The molecule has 0 fully saturated rings. The molecule has 0 atom stereocenters. The fraction of sp³-hybridized carbons (Fsp3) is 0.333. The SMILES string of the molecule is CCCNC(=O)CNc1c(F)cc(C(=O)O)cc1F. The van der Waals surface area contributed by atoms with Gasteiger partial charge < -0.3 is 15.7 Å². The predicted octanol–water partition coefficient (Wildman–Crippen LogP) is 1.60. The fourth-order valence-corrected chi connectivity index (χ4v) is 1.36. The number of hydrogen-bond acceptors (Lipinski definition) is 3. The van der Waals surface area contributed by atoms with Crippen molar-refractivity contribution in [1.29, 1.82) is 0 Å². The molecule has 0 saturated carbocycles. The number of benzene rings is 1. The van der Waals surface area contributed by atoms with Gasteiger partial charge in [0.15, 0.2) is 0 Å². The Labute approximate surface area is 108 Å². The predicted molar refractivity (Wildman–Crippen MR) is 65.1 cm³/mol. The molecule has 1 amide bonds. The van der Waals surface area contributed by atoms with E-state index >= 15 is 0 Å². The normalized spacial score (nSPS) is 10.1. The van der Waals surface area contributed by atoms with E-state index in [9.17, 15) is 18.4 Å². The molecular formula is C12H14F2N2O3. The molecule has 0 spiro atoms. The van der Waals surface area contributed by atoms with Crippen LogP contribution in [0.4, 0.5) is 14.5 Å². The largest absolute Gasteiger partial charge is 0.478 e. The molecular weight excluding hydrogens is 258 g/mol. The minimum atomic E-state index is -1.43. The van der Waals surface area contributed by atoms with Crippen LogP contribution >= 0.6 is 0 Å². The number of carbonyl (C=O) groups excluding carboxylic acids is 1. The second kappa shape index (κ2) is 6.67. The number of carbonyl (C=O) groups is 2. The van der Waals surface area contributed by atoms with E-state index in [2.05, 4.69) is 10.6 Å². The van der Waals surface area contributed by atoms with Crippen LogP contribution in [-0.2, 0) is 4.79 Å². The lowest BCUT2D eigenvalue weighted by molar-refractivity contribution is -0.119. The van der Waals surface area contributed by atoms with Crippen molar-refractivity contribution in [3.8, 4) is 0 Å². The average molecular weight is 272 g/mol. The maximum atomic E-state index is 13.5. The van der Waals surface area contributed by atoms with Gasteiger partial charge in [0.2, 0.25) is 5.91 Å². The lowest BCUT2D eigenvalue weighted by Gasteiger charge is -2.09. The monoisotopic (exact) mass is 272 g/mol. The number of amides is 1. The van der Waals surface area contributed by atoms with Gasteiger partial charge in [-0.1, -0.05) is 6.92 Å². The van der Waals surface area contributed by atoms with Crippen molar-refractivity contribution in [3.05, 3.63) is 29.3 Å². The standard InChI is InChI=1S/C12H14F2N2O3/c1-2-3-15-10(17)6-16-11-8(13)4-7(12(18)19)5-9(11)14/h4-5,16H,2-3,6H2,1H3,(H,15,17)(H,18,19). The molecule has 0 saturated heterocycles. The zero-order valence-electron chi connectivity index (χ0n) is 10.3. The van der Waals surface area contributed by atoms with Crippen molar-refractivity contribution in [1.82, 2.24) is 5.32 Å². The van der Waals surface area contributed by atoms with E-state index in [-0.39, 0.29) is 6.54 Å². The van der Waals surface area contributed by atoms with Crippen molar-refractivity contribution in [2.75, 3.05) is 18.4 Å². The number of nitrogens with one attached hydrogen (secondary N) is 2. The maximum Gasteiger partial charge on any atom is 0.335 e. The highest BCUT2D eigenvalue weighted by molar-refractivity contribution is 5.88. The van der Waals surface area contributed by atoms with E-state index in [1.54, 1.807) is 0 Å². The molecule has 0 aromatic heterocycles. The van der Waals surface area contributed by atoms with Crippen LogP contribution in [0.25, 0.3) is 0 Å². The molecule has 5 nitrogen and oxygen atoms in total. The van der Waals surface area contributed by atoms with E-state index in [1.807, 2.05) is 6.92 Å². The third kappa shape index (κ3) is 4.20. The number of aromatic carboxylic acids is 1. The van der Waals surface area contributed by atoms with Gasteiger partial charge in [-0.15, -0.1) is 0 Å². The van der Waals surface area contributed by atoms with Crippen LogP contribution < -0.4 is 10.6 Å². The van der Waals surface area contributed by atoms with Gasteiger partial charge in [-0.25, -0.2) is 13.6 Å². The second-order valence-electron chi connectivity index (χ2n) is 3.82. The molecule has 0 aliphatic carbocycles. The molecule has 0 aliphatic heterocycles. The summed E-state index contributed by atoms with van der Waals surface area (Å²) in [5.41, 5.74) is -1.01. The molecule has 0 radical (unpaired) electrons. The number of carboxylic acid groups (broad SMARTS) is 1. The Morgan fingerprint density at radius 3 is 2.32 bits per heavy atom. The van der Waals surface area contributed by atoms with Crippen LogP contribution in [0.2, 0.25) is 0 Å². The first-order valence-corrected chi connectivity index (χ1v) is 5.68. The average Bonchev–Trinajstić information content (AvgIpc) is 2.34. The zero-order chi connectivity index (χ0) is 14.4. The minimum Gasteiger partial charge on any atom is -0.478 e. The lowest BCUT2D eigenvalue weighted by Crippen LogP contribution is -2.30. The van der Waals surface area contributed by atoms with Gasteiger partial charge in [0, 0.05) is 6.54 Å². The smallest absolute Gasteiger partial charge is 0.335 e. The van der Waals surface area contributed by atoms with Gasteiger partial charge >= 0.3 is 5.97 Å². The summed E-state index contributed by atoms with van der Waals surface area (Å²) in [6, 6.07) is 1.38. The lowest BCUT2D eigenvalue weighted by atomic mass is 10.2. The van der Waals surface area contributed by atoms with Crippen molar-refractivity contribution in [3.63, 3.8) is 0 Å². The molecule has 1 rings (SSSR count). The zero-order valence-corrected chi connectivity index (χ0v) is 10.3. The summed E-state index contributed by atoms with van der Waals surface area (Å²) in [7, 11) is 0.